The first-order valence-electron chi connectivity index (χ1n) is 5.71. The second-order valence-corrected chi connectivity index (χ2v) is 6.60. The molecule has 2 rings (SSSR count). The van der Waals surface area contributed by atoms with Crippen LogP contribution in [0.3, 0.4) is 0 Å². The number of aliphatic hydroxyl groups is 1. The summed E-state index contributed by atoms with van der Waals surface area (Å²) >= 11 is 0. The van der Waals surface area contributed by atoms with Crippen LogP contribution >= 0.6 is 0 Å². The van der Waals surface area contributed by atoms with Gasteiger partial charge < -0.3 is 9.67 Å². The van der Waals surface area contributed by atoms with Crippen molar-refractivity contribution in [3.8, 4) is 0 Å². The van der Waals surface area contributed by atoms with E-state index >= 15 is 0 Å². The van der Waals surface area contributed by atoms with Crippen molar-refractivity contribution in [3.05, 3.63) is 18.5 Å². The van der Waals surface area contributed by atoms with Gasteiger partial charge >= 0.3 is 0 Å². The van der Waals surface area contributed by atoms with Crippen LogP contribution in [0.25, 0.3) is 0 Å². The molecule has 1 saturated heterocycles. The van der Waals surface area contributed by atoms with Gasteiger partial charge in [0.05, 0.1) is 11.0 Å². The summed E-state index contributed by atoms with van der Waals surface area (Å²) in [5.41, 5.74) is 0. The molecule has 0 aromatic carbocycles. The summed E-state index contributed by atoms with van der Waals surface area (Å²) in [6.07, 6.45) is 3.59. The summed E-state index contributed by atoms with van der Waals surface area (Å²) in [7, 11) is -1.59. The Morgan fingerprint density at radius 3 is 2.71 bits per heavy atom. The number of hydrogen-bond acceptors (Lipinski definition) is 3. The van der Waals surface area contributed by atoms with E-state index < -0.39 is 16.1 Å². The van der Waals surface area contributed by atoms with Crippen LogP contribution in [0.15, 0.2) is 23.4 Å². The maximum absolute atomic E-state index is 12.2. The molecule has 1 N–H and O–H groups in total. The molecule has 0 amide bonds. The SMILES string of the molecule is CC(O)C1CCN(S(=O)(=O)c2ccn(C)c2)C1. The summed E-state index contributed by atoms with van der Waals surface area (Å²) in [4.78, 5) is 0.325. The molecule has 1 fully saturated rings. The molecule has 2 atom stereocenters. The second kappa shape index (κ2) is 4.44. The number of nitrogens with zero attached hydrogens (tertiary/aromatic N) is 2. The van der Waals surface area contributed by atoms with Crippen LogP contribution in [0.2, 0.25) is 0 Å². The lowest BCUT2D eigenvalue weighted by Crippen LogP contribution is -2.30. The highest BCUT2D eigenvalue weighted by molar-refractivity contribution is 7.89. The number of hydrogen-bond donors (Lipinski definition) is 1. The molecule has 1 aromatic heterocycles. The Bertz CT molecular complexity index is 493. The van der Waals surface area contributed by atoms with E-state index in [-0.39, 0.29) is 5.92 Å². The molecule has 17 heavy (non-hydrogen) atoms. The summed E-state index contributed by atoms with van der Waals surface area (Å²) in [6.45, 7) is 2.62. The zero-order valence-corrected chi connectivity index (χ0v) is 10.9. The standard InChI is InChI=1S/C11H18N2O3S/c1-9(14)10-3-6-13(7-10)17(15,16)11-4-5-12(2)8-11/h4-5,8-10,14H,3,6-7H2,1-2H3. The van der Waals surface area contributed by atoms with Crippen LogP contribution in [0.5, 0.6) is 0 Å². The Kier molecular flexibility index (Phi) is 3.29. The van der Waals surface area contributed by atoms with Crippen LogP contribution in [-0.2, 0) is 17.1 Å². The van der Waals surface area contributed by atoms with Crippen LogP contribution in [-0.4, -0.2) is 41.6 Å². The molecule has 0 radical (unpaired) electrons. The predicted molar refractivity (Wildman–Crippen MR) is 64.0 cm³/mol. The fourth-order valence-corrected chi connectivity index (χ4v) is 3.71. The van der Waals surface area contributed by atoms with E-state index in [1.54, 1.807) is 37.0 Å². The highest BCUT2D eigenvalue weighted by atomic mass is 32.2. The van der Waals surface area contributed by atoms with Gasteiger partial charge in [0.25, 0.3) is 0 Å². The highest BCUT2D eigenvalue weighted by Gasteiger charge is 2.34. The lowest BCUT2D eigenvalue weighted by Gasteiger charge is -2.16. The van der Waals surface area contributed by atoms with Crippen molar-refractivity contribution in [2.24, 2.45) is 13.0 Å². The molecule has 2 unspecified atom stereocenters. The van der Waals surface area contributed by atoms with E-state index in [4.69, 9.17) is 0 Å². The summed E-state index contributed by atoms with van der Waals surface area (Å²) in [5.74, 6) is 0.0495. The normalized spacial score (nSPS) is 24.1. The quantitative estimate of drug-likeness (QED) is 0.854. The van der Waals surface area contributed by atoms with E-state index in [1.165, 1.54) is 4.31 Å². The minimum absolute atomic E-state index is 0.0495. The largest absolute Gasteiger partial charge is 0.393 e. The molecule has 0 spiro atoms. The Hall–Kier alpha value is -0.850. The lowest BCUT2D eigenvalue weighted by atomic mass is 10.0. The third-order valence-corrected chi connectivity index (χ3v) is 5.16. The summed E-state index contributed by atoms with van der Waals surface area (Å²) < 4.78 is 27.7. The Labute approximate surface area is 102 Å². The van der Waals surface area contributed by atoms with Gasteiger partial charge in [-0.05, 0) is 25.3 Å². The van der Waals surface area contributed by atoms with E-state index in [0.717, 1.165) is 6.42 Å². The van der Waals surface area contributed by atoms with E-state index in [9.17, 15) is 13.5 Å². The van der Waals surface area contributed by atoms with Crippen LogP contribution in [0.1, 0.15) is 13.3 Å². The van der Waals surface area contributed by atoms with Gasteiger partial charge in [0, 0.05) is 32.5 Å². The van der Waals surface area contributed by atoms with Crippen LogP contribution < -0.4 is 0 Å². The van der Waals surface area contributed by atoms with Crippen molar-refractivity contribution in [2.45, 2.75) is 24.3 Å². The van der Waals surface area contributed by atoms with Crippen molar-refractivity contribution in [1.82, 2.24) is 8.87 Å². The summed E-state index contributed by atoms with van der Waals surface area (Å²) in [5, 5.41) is 9.48. The van der Waals surface area contributed by atoms with Gasteiger partial charge in [-0.15, -0.1) is 0 Å². The van der Waals surface area contributed by atoms with Crippen molar-refractivity contribution >= 4 is 10.0 Å². The summed E-state index contributed by atoms with van der Waals surface area (Å²) in [6, 6.07) is 1.60. The molecular weight excluding hydrogens is 240 g/mol. The number of aryl methyl sites for hydroxylation is 1. The van der Waals surface area contributed by atoms with Gasteiger partial charge in [0.15, 0.2) is 0 Å². The Morgan fingerprint density at radius 1 is 1.53 bits per heavy atom. The average Bonchev–Trinajstić information content (AvgIpc) is 2.85. The lowest BCUT2D eigenvalue weighted by molar-refractivity contribution is 0.133. The van der Waals surface area contributed by atoms with Gasteiger partial charge in [0.2, 0.25) is 10.0 Å². The van der Waals surface area contributed by atoms with Gasteiger partial charge in [-0.25, -0.2) is 8.42 Å². The smallest absolute Gasteiger partial charge is 0.244 e. The van der Waals surface area contributed by atoms with Gasteiger partial charge in [-0.1, -0.05) is 0 Å². The number of sulfonamides is 1. The molecule has 6 heteroatoms. The zero-order chi connectivity index (χ0) is 12.6. The van der Waals surface area contributed by atoms with Crippen molar-refractivity contribution < 1.29 is 13.5 Å². The molecule has 1 aromatic rings. The number of rotatable bonds is 3. The Balaban J connectivity index is 2.18. The minimum Gasteiger partial charge on any atom is -0.393 e. The third kappa shape index (κ3) is 2.38. The maximum Gasteiger partial charge on any atom is 0.244 e. The number of aliphatic hydroxyl groups excluding tert-OH is 1. The minimum atomic E-state index is -3.38. The molecule has 96 valence electrons. The molecule has 0 aliphatic carbocycles. The molecule has 1 aliphatic heterocycles. The molecular formula is C11H18N2O3S. The topological polar surface area (TPSA) is 62.5 Å². The highest BCUT2D eigenvalue weighted by Crippen LogP contribution is 2.26. The van der Waals surface area contributed by atoms with Crippen molar-refractivity contribution in [2.75, 3.05) is 13.1 Å². The maximum atomic E-state index is 12.2. The van der Waals surface area contributed by atoms with E-state index in [0.29, 0.717) is 18.0 Å². The molecule has 0 saturated carbocycles. The first-order chi connectivity index (χ1) is 7.91. The third-order valence-electron chi connectivity index (χ3n) is 3.31. The van der Waals surface area contributed by atoms with Gasteiger partial charge in [-0.3, -0.25) is 0 Å². The van der Waals surface area contributed by atoms with Crippen LogP contribution in [0, 0.1) is 5.92 Å². The van der Waals surface area contributed by atoms with Gasteiger partial charge in [0.1, 0.15) is 0 Å². The second-order valence-electron chi connectivity index (χ2n) is 4.67. The van der Waals surface area contributed by atoms with E-state index in [2.05, 4.69) is 0 Å². The first-order valence-corrected chi connectivity index (χ1v) is 7.15. The van der Waals surface area contributed by atoms with Crippen molar-refractivity contribution in [3.63, 3.8) is 0 Å². The predicted octanol–water partition coefficient (Wildman–Crippen LogP) is 0.417. The first kappa shape index (κ1) is 12.6. The van der Waals surface area contributed by atoms with Crippen molar-refractivity contribution in [1.29, 1.82) is 0 Å². The van der Waals surface area contributed by atoms with Crippen LogP contribution in [0.4, 0.5) is 0 Å². The molecule has 1 aliphatic rings. The molecule has 5 nitrogen and oxygen atoms in total. The zero-order valence-electron chi connectivity index (χ0n) is 10.1. The fraction of sp³-hybridized carbons (Fsp3) is 0.636. The molecule has 2 heterocycles. The molecule has 0 bridgehead atoms. The van der Waals surface area contributed by atoms with Gasteiger partial charge in [-0.2, -0.15) is 4.31 Å². The monoisotopic (exact) mass is 258 g/mol. The average molecular weight is 258 g/mol. The fourth-order valence-electron chi connectivity index (χ4n) is 2.15. The Morgan fingerprint density at radius 2 is 2.24 bits per heavy atom. The van der Waals surface area contributed by atoms with E-state index in [1.807, 2.05) is 0 Å². The number of aromatic nitrogens is 1.